The molecule has 0 saturated carbocycles. The van der Waals surface area contributed by atoms with Gasteiger partial charge in [0.25, 0.3) is 5.56 Å². The Morgan fingerprint density at radius 3 is 2.78 bits per heavy atom. The summed E-state index contributed by atoms with van der Waals surface area (Å²) in [5, 5.41) is 2.72. The van der Waals surface area contributed by atoms with Crippen LogP contribution in [0.4, 0.5) is 16.0 Å². The van der Waals surface area contributed by atoms with Crippen molar-refractivity contribution >= 4 is 23.6 Å². The maximum Gasteiger partial charge on any atom is 0.311 e. The van der Waals surface area contributed by atoms with Crippen LogP contribution in [0.15, 0.2) is 40.1 Å². The summed E-state index contributed by atoms with van der Waals surface area (Å²) in [4.78, 5) is 33.0. The molecule has 23 heavy (non-hydrogen) atoms. The summed E-state index contributed by atoms with van der Waals surface area (Å²) >= 11 is 0. The highest BCUT2D eigenvalue weighted by Gasteiger charge is 2.07. The highest BCUT2D eigenvalue weighted by molar-refractivity contribution is 5.93. The lowest BCUT2D eigenvalue weighted by Crippen LogP contribution is -2.22. The molecule has 0 unspecified atom stereocenters. The van der Waals surface area contributed by atoms with Gasteiger partial charge in [0, 0.05) is 11.8 Å². The van der Waals surface area contributed by atoms with Gasteiger partial charge < -0.3 is 15.8 Å². The zero-order valence-corrected chi connectivity index (χ0v) is 12.2. The van der Waals surface area contributed by atoms with Crippen LogP contribution < -0.4 is 16.6 Å². The summed E-state index contributed by atoms with van der Waals surface area (Å²) in [5.74, 6) is -1.04. The number of aliphatic imine (C=N–C) groups is 1. The molecule has 2 aromatic rings. The molecule has 0 aliphatic heterocycles. The SMILES string of the molecule is COC(=O)Cc1cc(=O)[nH]c(N=C(N)Nc2ccc(F)cc2)n1. The van der Waals surface area contributed by atoms with Crippen LogP contribution in [-0.4, -0.2) is 29.0 Å². The molecule has 0 fully saturated rings. The molecule has 0 spiro atoms. The fraction of sp³-hybridized carbons (Fsp3) is 0.143. The lowest BCUT2D eigenvalue weighted by Gasteiger charge is -2.05. The Morgan fingerprint density at radius 2 is 2.13 bits per heavy atom. The lowest BCUT2D eigenvalue weighted by atomic mass is 10.3. The van der Waals surface area contributed by atoms with E-state index in [0.717, 1.165) is 0 Å². The number of benzene rings is 1. The first-order valence-electron chi connectivity index (χ1n) is 6.50. The van der Waals surface area contributed by atoms with Gasteiger partial charge in [0.1, 0.15) is 5.82 Å². The quantitative estimate of drug-likeness (QED) is 0.433. The minimum absolute atomic E-state index is 0.0602. The van der Waals surface area contributed by atoms with Crippen molar-refractivity contribution < 1.29 is 13.9 Å². The van der Waals surface area contributed by atoms with Crippen LogP contribution in [0.1, 0.15) is 5.69 Å². The Hall–Kier alpha value is -3.23. The minimum atomic E-state index is -0.532. The summed E-state index contributed by atoms with van der Waals surface area (Å²) in [7, 11) is 1.24. The Balaban J connectivity index is 2.18. The molecule has 0 aliphatic carbocycles. The second-order valence-electron chi connectivity index (χ2n) is 4.44. The van der Waals surface area contributed by atoms with Gasteiger partial charge >= 0.3 is 5.97 Å². The number of esters is 1. The van der Waals surface area contributed by atoms with Crippen LogP contribution in [0.3, 0.4) is 0 Å². The number of aromatic nitrogens is 2. The molecular weight excluding hydrogens is 305 g/mol. The normalized spacial score (nSPS) is 11.1. The predicted octanol–water partition coefficient (Wildman–Crippen LogP) is 0.683. The second kappa shape index (κ2) is 7.16. The van der Waals surface area contributed by atoms with Gasteiger partial charge in [-0.25, -0.2) is 9.37 Å². The smallest absolute Gasteiger partial charge is 0.311 e. The number of hydrogen-bond acceptors (Lipinski definition) is 5. The van der Waals surface area contributed by atoms with E-state index in [1.165, 1.54) is 37.4 Å². The molecule has 120 valence electrons. The van der Waals surface area contributed by atoms with E-state index in [0.29, 0.717) is 5.69 Å². The number of carbonyl (C=O) groups is 1. The number of methoxy groups -OCH3 is 1. The van der Waals surface area contributed by atoms with Crippen molar-refractivity contribution in [3.63, 3.8) is 0 Å². The number of nitrogens with zero attached hydrogens (tertiary/aromatic N) is 2. The molecule has 1 aromatic heterocycles. The van der Waals surface area contributed by atoms with E-state index in [2.05, 4.69) is 25.0 Å². The van der Waals surface area contributed by atoms with Gasteiger partial charge in [-0.15, -0.1) is 0 Å². The Kier molecular flexibility index (Phi) is 5.03. The standard InChI is InChI=1S/C14H14FN5O3/c1-23-12(22)7-10-6-11(21)19-14(18-10)20-13(16)17-9-4-2-8(15)3-5-9/h2-6H,7H2,1H3,(H4,16,17,18,19,20,21). The van der Waals surface area contributed by atoms with Crippen molar-refractivity contribution in [2.45, 2.75) is 6.42 Å². The van der Waals surface area contributed by atoms with Crippen molar-refractivity contribution in [3.05, 3.63) is 52.2 Å². The number of H-pyrrole nitrogens is 1. The molecule has 9 heteroatoms. The number of carbonyl (C=O) groups excluding carboxylic acids is 1. The highest BCUT2D eigenvalue weighted by atomic mass is 19.1. The molecule has 0 radical (unpaired) electrons. The van der Waals surface area contributed by atoms with Crippen LogP contribution in [0.2, 0.25) is 0 Å². The van der Waals surface area contributed by atoms with Gasteiger partial charge in [-0.1, -0.05) is 0 Å². The number of rotatable bonds is 4. The van der Waals surface area contributed by atoms with Crippen LogP contribution in [0, 0.1) is 5.82 Å². The number of aromatic amines is 1. The molecule has 0 aliphatic rings. The molecule has 4 N–H and O–H groups in total. The Bertz CT molecular complexity index is 786. The number of nitrogens with two attached hydrogens (primary N) is 1. The molecule has 0 saturated heterocycles. The first-order chi connectivity index (χ1) is 11.0. The monoisotopic (exact) mass is 319 g/mol. The van der Waals surface area contributed by atoms with E-state index in [1.54, 1.807) is 0 Å². The Morgan fingerprint density at radius 1 is 1.43 bits per heavy atom. The first-order valence-corrected chi connectivity index (χ1v) is 6.50. The third kappa shape index (κ3) is 4.92. The molecular formula is C14H14FN5O3. The second-order valence-corrected chi connectivity index (χ2v) is 4.44. The third-order valence-corrected chi connectivity index (χ3v) is 2.68. The van der Waals surface area contributed by atoms with E-state index >= 15 is 0 Å². The third-order valence-electron chi connectivity index (χ3n) is 2.68. The lowest BCUT2D eigenvalue weighted by molar-refractivity contribution is -0.139. The average Bonchev–Trinajstić information content (AvgIpc) is 2.48. The topological polar surface area (TPSA) is 122 Å². The van der Waals surface area contributed by atoms with E-state index in [-0.39, 0.29) is 29.8 Å². The van der Waals surface area contributed by atoms with Gasteiger partial charge in [-0.05, 0) is 24.3 Å². The molecule has 0 atom stereocenters. The predicted molar refractivity (Wildman–Crippen MR) is 81.9 cm³/mol. The van der Waals surface area contributed by atoms with Gasteiger partial charge in [0.05, 0.1) is 19.2 Å². The molecule has 2 rings (SSSR count). The fourth-order valence-corrected chi connectivity index (χ4v) is 1.68. The van der Waals surface area contributed by atoms with E-state index in [1.807, 2.05) is 0 Å². The number of guanidine groups is 1. The summed E-state index contributed by atoms with van der Waals surface area (Å²) in [6.45, 7) is 0. The molecule has 0 amide bonds. The number of anilines is 1. The Labute approximate surface area is 130 Å². The average molecular weight is 319 g/mol. The molecule has 0 bridgehead atoms. The summed E-state index contributed by atoms with van der Waals surface area (Å²) in [6.07, 6.45) is -0.158. The fourth-order valence-electron chi connectivity index (χ4n) is 1.68. The summed E-state index contributed by atoms with van der Waals surface area (Å²) < 4.78 is 17.3. The highest BCUT2D eigenvalue weighted by Crippen LogP contribution is 2.09. The van der Waals surface area contributed by atoms with Crippen molar-refractivity contribution in [3.8, 4) is 0 Å². The van der Waals surface area contributed by atoms with Crippen molar-refractivity contribution in [2.75, 3.05) is 12.4 Å². The van der Waals surface area contributed by atoms with E-state index < -0.39 is 11.5 Å². The molecule has 1 heterocycles. The largest absolute Gasteiger partial charge is 0.469 e. The van der Waals surface area contributed by atoms with Crippen LogP contribution in [0.5, 0.6) is 0 Å². The maximum atomic E-state index is 12.8. The van der Waals surface area contributed by atoms with E-state index in [9.17, 15) is 14.0 Å². The molecule has 1 aromatic carbocycles. The van der Waals surface area contributed by atoms with Crippen molar-refractivity contribution in [1.82, 2.24) is 9.97 Å². The first kappa shape index (κ1) is 16.1. The number of nitrogens with one attached hydrogen (secondary N) is 2. The van der Waals surface area contributed by atoms with Crippen molar-refractivity contribution in [2.24, 2.45) is 10.7 Å². The number of ether oxygens (including phenoxy) is 1. The van der Waals surface area contributed by atoms with Crippen LogP contribution in [0.25, 0.3) is 0 Å². The number of halogens is 1. The minimum Gasteiger partial charge on any atom is -0.469 e. The molecule has 8 nitrogen and oxygen atoms in total. The zero-order valence-electron chi connectivity index (χ0n) is 12.2. The number of hydrogen-bond donors (Lipinski definition) is 3. The summed E-state index contributed by atoms with van der Waals surface area (Å²) in [6, 6.07) is 6.63. The van der Waals surface area contributed by atoms with Gasteiger partial charge in [-0.3, -0.25) is 14.6 Å². The van der Waals surface area contributed by atoms with Crippen LogP contribution in [-0.2, 0) is 16.0 Å². The maximum absolute atomic E-state index is 12.8. The zero-order chi connectivity index (χ0) is 16.8. The van der Waals surface area contributed by atoms with Gasteiger partial charge in [0.15, 0.2) is 0 Å². The summed E-state index contributed by atoms with van der Waals surface area (Å²) in [5.41, 5.74) is 5.93. The van der Waals surface area contributed by atoms with Crippen LogP contribution >= 0.6 is 0 Å². The van der Waals surface area contributed by atoms with Gasteiger partial charge in [-0.2, -0.15) is 4.99 Å². The van der Waals surface area contributed by atoms with Gasteiger partial charge in [0.2, 0.25) is 11.9 Å². The van der Waals surface area contributed by atoms with E-state index in [4.69, 9.17) is 5.73 Å². The van der Waals surface area contributed by atoms with Crippen molar-refractivity contribution in [1.29, 1.82) is 0 Å².